The molecule has 1 aromatic carbocycles. The lowest BCUT2D eigenvalue weighted by Crippen LogP contribution is -2.30. The van der Waals surface area contributed by atoms with E-state index in [1.54, 1.807) is 42.8 Å². The first-order chi connectivity index (χ1) is 18.0. The van der Waals surface area contributed by atoms with E-state index in [1.807, 2.05) is 6.07 Å². The number of carbonyl (C=O) groups is 2. The fourth-order valence-electron chi connectivity index (χ4n) is 5.25. The molecule has 3 heterocycles. The molecule has 1 atom stereocenters. The Morgan fingerprint density at radius 2 is 2.03 bits per heavy atom. The average molecular weight is 516 g/mol. The minimum atomic E-state index is -1.26. The molecular weight excluding hydrogens is 490 g/mol. The van der Waals surface area contributed by atoms with Crippen molar-refractivity contribution in [1.29, 1.82) is 0 Å². The quantitative estimate of drug-likeness (QED) is 0.331. The van der Waals surface area contributed by atoms with Gasteiger partial charge in [-0.3, -0.25) is 14.6 Å². The fraction of sp³-hybridized carbons (Fsp3) is 0.286. The fourth-order valence-corrected chi connectivity index (χ4v) is 6.58. The van der Waals surface area contributed by atoms with E-state index in [1.165, 1.54) is 11.1 Å². The summed E-state index contributed by atoms with van der Waals surface area (Å²) in [5.41, 5.74) is 3.12. The number of nitrogens with one attached hydrogen (secondary N) is 2. The van der Waals surface area contributed by atoms with Gasteiger partial charge in [-0.05, 0) is 73.4 Å². The van der Waals surface area contributed by atoms with Gasteiger partial charge >= 0.3 is 5.97 Å². The molecule has 0 aliphatic heterocycles. The molecule has 2 aliphatic carbocycles. The van der Waals surface area contributed by atoms with Gasteiger partial charge in [0.05, 0.1) is 24.1 Å². The normalized spacial score (nSPS) is 16.8. The maximum absolute atomic E-state index is 13.0. The topological polar surface area (TPSA) is 121 Å². The third-order valence-corrected chi connectivity index (χ3v) is 8.40. The number of fused-ring (bicyclic) bond motifs is 2. The van der Waals surface area contributed by atoms with Crippen LogP contribution in [-0.4, -0.2) is 34.1 Å². The lowest BCUT2D eigenvalue weighted by molar-refractivity contribution is 0.0695. The number of hydrogen-bond acceptors (Lipinski definition) is 6. The SMILES string of the molecule is COc1c(-c2cc3c(s2)CCCC3NC(=O)c2ccccn2)c(C2CC2)cc2c(=O)c(C(=O)O)c[nH]c12. The summed E-state index contributed by atoms with van der Waals surface area (Å²) < 4.78 is 5.88. The predicted molar refractivity (Wildman–Crippen MR) is 141 cm³/mol. The highest BCUT2D eigenvalue weighted by atomic mass is 32.1. The Morgan fingerprint density at radius 3 is 2.73 bits per heavy atom. The highest BCUT2D eigenvalue weighted by Crippen LogP contribution is 2.52. The average Bonchev–Trinajstić information content (AvgIpc) is 3.66. The molecule has 4 aromatic rings. The number of methoxy groups -OCH3 is 1. The molecule has 8 nitrogen and oxygen atoms in total. The van der Waals surface area contributed by atoms with Crippen LogP contribution in [-0.2, 0) is 6.42 Å². The lowest BCUT2D eigenvalue weighted by Gasteiger charge is -2.23. The molecule has 3 aromatic heterocycles. The van der Waals surface area contributed by atoms with Gasteiger partial charge in [0, 0.05) is 27.7 Å². The smallest absolute Gasteiger partial charge is 0.341 e. The molecule has 6 rings (SSSR count). The Balaban J connectivity index is 1.47. The van der Waals surface area contributed by atoms with E-state index in [9.17, 15) is 19.5 Å². The number of hydrogen-bond donors (Lipinski definition) is 3. The van der Waals surface area contributed by atoms with Crippen LogP contribution in [0.15, 0.2) is 47.5 Å². The van der Waals surface area contributed by atoms with Crippen LogP contribution in [0.25, 0.3) is 21.3 Å². The highest BCUT2D eigenvalue weighted by molar-refractivity contribution is 7.15. The molecule has 2 aliphatic rings. The second-order valence-corrected chi connectivity index (χ2v) is 10.7. The molecule has 1 amide bonds. The number of amides is 1. The van der Waals surface area contributed by atoms with Crippen LogP contribution < -0.4 is 15.5 Å². The van der Waals surface area contributed by atoms with Crippen LogP contribution in [0, 0.1) is 0 Å². The molecule has 0 radical (unpaired) electrons. The second kappa shape index (κ2) is 9.15. The maximum atomic E-state index is 13.0. The number of benzene rings is 1. The van der Waals surface area contributed by atoms with Crippen molar-refractivity contribution in [1.82, 2.24) is 15.3 Å². The number of carboxylic acid groups (broad SMARTS) is 1. The largest absolute Gasteiger partial charge is 0.494 e. The van der Waals surface area contributed by atoms with Crippen LogP contribution in [0.1, 0.15) is 74.5 Å². The zero-order valence-electron chi connectivity index (χ0n) is 20.2. The summed E-state index contributed by atoms with van der Waals surface area (Å²) >= 11 is 1.69. The van der Waals surface area contributed by atoms with Gasteiger partial charge < -0.3 is 20.1 Å². The van der Waals surface area contributed by atoms with E-state index in [0.29, 0.717) is 28.3 Å². The summed E-state index contributed by atoms with van der Waals surface area (Å²) in [6, 6.07) is 9.15. The van der Waals surface area contributed by atoms with Crippen molar-refractivity contribution in [2.24, 2.45) is 0 Å². The summed E-state index contributed by atoms with van der Waals surface area (Å²) in [6.45, 7) is 0. The van der Waals surface area contributed by atoms with Crippen molar-refractivity contribution in [2.75, 3.05) is 7.11 Å². The molecule has 1 unspecified atom stereocenters. The van der Waals surface area contributed by atoms with Crippen LogP contribution >= 0.6 is 11.3 Å². The number of pyridine rings is 2. The van der Waals surface area contributed by atoms with Gasteiger partial charge in [-0.1, -0.05) is 6.07 Å². The number of H-pyrrole nitrogens is 1. The maximum Gasteiger partial charge on any atom is 0.341 e. The standard InChI is InChI=1S/C28H25N3O5S/c1-36-26-23(15(14-8-9-14)11-17-24(26)30-13-18(25(17)32)28(34)35)22-12-16-19(6-4-7-21(16)37-22)31-27(33)20-5-2-3-10-29-20/h2-3,5,10-14,19H,4,6-9H2,1H3,(H,30,32)(H,31,33)(H,34,35). The summed E-state index contributed by atoms with van der Waals surface area (Å²) in [6.07, 6.45) is 7.60. The Morgan fingerprint density at radius 1 is 1.19 bits per heavy atom. The zero-order valence-corrected chi connectivity index (χ0v) is 21.0. The summed E-state index contributed by atoms with van der Waals surface area (Å²) in [5.74, 6) is -0.620. The Hall–Kier alpha value is -3.98. The van der Waals surface area contributed by atoms with E-state index in [2.05, 4.69) is 21.4 Å². The van der Waals surface area contributed by atoms with Gasteiger partial charge in [-0.25, -0.2) is 4.79 Å². The number of carbonyl (C=O) groups excluding carboxylic acids is 1. The van der Waals surface area contributed by atoms with Gasteiger partial charge in [0.25, 0.3) is 5.91 Å². The predicted octanol–water partition coefficient (Wildman–Crippen LogP) is 5.04. The number of carboxylic acids is 1. The summed E-state index contributed by atoms with van der Waals surface area (Å²) in [4.78, 5) is 46.8. The minimum Gasteiger partial charge on any atom is -0.494 e. The molecule has 3 N–H and O–H groups in total. The third kappa shape index (κ3) is 4.09. The summed E-state index contributed by atoms with van der Waals surface area (Å²) in [7, 11) is 1.57. The molecule has 1 saturated carbocycles. The van der Waals surface area contributed by atoms with E-state index in [0.717, 1.165) is 53.7 Å². The van der Waals surface area contributed by atoms with Crippen LogP contribution in [0.2, 0.25) is 0 Å². The molecule has 9 heteroatoms. The Kier molecular flexibility index (Phi) is 5.79. The number of ether oxygens (including phenoxy) is 1. The van der Waals surface area contributed by atoms with Crippen LogP contribution in [0.4, 0.5) is 0 Å². The minimum absolute atomic E-state index is 0.114. The first-order valence-corrected chi connectivity index (χ1v) is 13.1. The van der Waals surface area contributed by atoms with Crippen molar-refractivity contribution < 1.29 is 19.4 Å². The number of aromatic amines is 1. The highest BCUT2D eigenvalue weighted by Gasteiger charge is 2.33. The number of rotatable bonds is 6. The molecular formula is C28H25N3O5S. The van der Waals surface area contributed by atoms with Crippen molar-refractivity contribution in [2.45, 2.75) is 44.1 Å². The van der Waals surface area contributed by atoms with Gasteiger partial charge in [-0.2, -0.15) is 0 Å². The molecule has 0 spiro atoms. The van der Waals surface area contributed by atoms with Crippen molar-refractivity contribution >= 4 is 34.1 Å². The van der Waals surface area contributed by atoms with E-state index >= 15 is 0 Å². The number of thiophene rings is 1. The molecule has 0 bridgehead atoms. The van der Waals surface area contributed by atoms with Crippen LogP contribution in [0.5, 0.6) is 5.75 Å². The first kappa shape index (κ1) is 23.4. The zero-order chi connectivity index (χ0) is 25.7. The third-order valence-electron chi connectivity index (χ3n) is 7.18. The number of aromatic nitrogens is 2. The van der Waals surface area contributed by atoms with Gasteiger partial charge in [0.2, 0.25) is 5.43 Å². The number of nitrogens with zero attached hydrogens (tertiary/aromatic N) is 1. The molecule has 0 saturated heterocycles. The number of aromatic carboxylic acids is 1. The Labute approximate surface area is 216 Å². The van der Waals surface area contributed by atoms with Gasteiger partial charge in [0.1, 0.15) is 11.3 Å². The Bertz CT molecular complexity index is 1600. The van der Waals surface area contributed by atoms with Crippen molar-refractivity contribution in [3.8, 4) is 16.2 Å². The first-order valence-electron chi connectivity index (χ1n) is 12.3. The number of aryl methyl sites for hydroxylation is 1. The second-order valence-electron chi connectivity index (χ2n) is 9.53. The van der Waals surface area contributed by atoms with Crippen molar-refractivity contribution in [3.63, 3.8) is 0 Å². The molecule has 37 heavy (non-hydrogen) atoms. The molecule has 188 valence electrons. The van der Waals surface area contributed by atoms with E-state index in [4.69, 9.17) is 4.74 Å². The van der Waals surface area contributed by atoms with Gasteiger partial charge in [0.15, 0.2) is 5.75 Å². The lowest BCUT2D eigenvalue weighted by atomic mass is 9.92. The van der Waals surface area contributed by atoms with E-state index in [-0.39, 0.29) is 17.5 Å². The van der Waals surface area contributed by atoms with Gasteiger partial charge in [-0.15, -0.1) is 11.3 Å². The monoisotopic (exact) mass is 515 g/mol. The van der Waals surface area contributed by atoms with Crippen LogP contribution in [0.3, 0.4) is 0 Å². The summed E-state index contributed by atoms with van der Waals surface area (Å²) in [5, 5.41) is 12.9. The van der Waals surface area contributed by atoms with E-state index < -0.39 is 11.4 Å². The molecule has 1 fully saturated rings. The van der Waals surface area contributed by atoms with Crippen molar-refractivity contribution in [3.05, 3.63) is 80.2 Å².